The van der Waals surface area contributed by atoms with E-state index in [1.165, 1.54) is 18.4 Å². The Morgan fingerprint density at radius 1 is 1.29 bits per heavy atom. The van der Waals surface area contributed by atoms with Crippen LogP contribution in [0, 0.1) is 0 Å². The molecule has 0 atom stereocenters. The summed E-state index contributed by atoms with van der Waals surface area (Å²) < 4.78 is 0. The van der Waals surface area contributed by atoms with Crippen molar-refractivity contribution in [3.63, 3.8) is 0 Å². The smallest absolute Gasteiger partial charge is 0.119 e. The number of phenolic OH excluding ortho intramolecular Hbond substituents is 1. The maximum atomic E-state index is 9.76. The summed E-state index contributed by atoms with van der Waals surface area (Å²) in [4.78, 5) is 0. The van der Waals surface area contributed by atoms with Gasteiger partial charge >= 0.3 is 0 Å². The van der Waals surface area contributed by atoms with Crippen molar-refractivity contribution in [3.05, 3.63) is 29.3 Å². The largest absolute Gasteiger partial charge is 0.508 e. The van der Waals surface area contributed by atoms with Crippen LogP contribution in [-0.2, 0) is 6.42 Å². The van der Waals surface area contributed by atoms with Gasteiger partial charge in [-0.3, -0.25) is 0 Å². The number of phenols is 1. The fourth-order valence-corrected chi connectivity index (χ4v) is 1.61. The molecule has 1 rings (SSSR count). The van der Waals surface area contributed by atoms with E-state index in [2.05, 4.69) is 26.8 Å². The molecule has 0 aliphatic heterocycles. The zero-order valence-corrected chi connectivity index (χ0v) is 9.38. The Bertz CT molecular complexity index is 289. The van der Waals surface area contributed by atoms with Gasteiger partial charge in [0, 0.05) is 0 Å². The van der Waals surface area contributed by atoms with Gasteiger partial charge in [-0.15, -0.1) is 0 Å². The van der Waals surface area contributed by atoms with Gasteiger partial charge in [-0.1, -0.05) is 39.3 Å². The highest BCUT2D eigenvalue weighted by Crippen LogP contribution is 2.26. The van der Waals surface area contributed by atoms with E-state index in [9.17, 15) is 5.11 Å². The van der Waals surface area contributed by atoms with Crippen LogP contribution < -0.4 is 0 Å². The first-order valence-electron chi connectivity index (χ1n) is 5.47. The van der Waals surface area contributed by atoms with Gasteiger partial charge in [0.15, 0.2) is 0 Å². The van der Waals surface area contributed by atoms with Crippen molar-refractivity contribution in [2.24, 2.45) is 0 Å². The van der Waals surface area contributed by atoms with Gasteiger partial charge in [-0.05, 0) is 36.0 Å². The second-order valence-electron chi connectivity index (χ2n) is 4.15. The van der Waals surface area contributed by atoms with E-state index in [4.69, 9.17) is 0 Å². The molecular weight excluding hydrogens is 172 g/mol. The minimum atomic E-state index is 0.398. The van der Waals surface area contributed by atoms with Crippen LogP contribution in [0.2, 0.25) is 0 Å². The molecule has 0 bridgehead atoms. The van der Waals surface area contributed by atoms with Crippen LogP contribution in [0.4, 0.5) is 0 Å². The summed E-state index contributed by atoms with van der Waals surface area (Å²) >= 11 is 0. The summed E-state index contributed by atoms with van der Waals surface area (Å²) in [6.07, 6.45) is 3.47. The van der Waals surface area contributed by atoms with E-state index in [1.54, 1.807) is 0 Å². The molecule has 1 nitrogen and oxygen atoms in total. The molecule has 1 heteroatoms. The molecular formula is C13H20O. The number of hydrogen-bond donors (Lipinski definition) is 1. The van der Waals surface area contributed by atoms with Crippen molar-refractivity contribution in [2.75, 3.05) is 0 Å². The molecule has 0 spiro atoms. The highest BCUT2D eigenvalue weighted by molar-refractivity contribution is 5.38. The summed E-state index contributed by atoms with van der Waals surface area (Å²) in [6, 6.07) is 6.08. The predicted molar refractivity (Wildman–Crippen MR) is 60.8 cm³/mol. The lowest BCUT2D eigenvalue weighted by Crippen LogP contribution is -1.91. The molecule has 0 amide bonds. The van der Waals surface area contributed by atoms with Gasteiger partial charge in [-0.25, -0.2) is 0 Å². The Morgan fingerprint density at radius 2 is 2.00 bits per heavy atom. The fourth-order valence-electron chi connectivity index (χ4n) is 1.61. The van der Waals surface area contributed by atoms with Gasteiger partial charge in [0.05, 0.1) is 0 Å². The average Bonchev–Trinajstić information content (AvgIpc) is 2.14. The molecule has 78 valence electrons. The van der Waals surface area contributed by atoms with Gasteiger partial charge in [0.25, 0.3) is 0 Å². The Morgan fingerprint density at radius 3 is 2.50 bits per heavy atom. The van der Waals surface area contributed by atoms with Crippen molar-refractivity contribution < 1.29 is 5.11 Å². The number of unbranched alkanes of at least 4 members (excludes halogenated alkanes) is 1. The maximum Gasteiger partial charge on any atom is 0.119 e. The van der Waals surface area contributed by atoms with Gasteiger partial charge in [0.2, 0.25) is 0 Å². The Hall–Kier alpha value is -0.980. The SMILES string of the molecule is CCCCc1ccc(C(C)C)c(O)c1. The molecule has 0 saturated heterocycles. The molecule has 1 aromatic rings. The van der Waals surface area contributed by atoms with E-state index in [0.717, 1.165) is 12.0 Å². The van der Waals surface area contributed by atoms with Crippen LogP contribution in [0.5, 0.6) is 5.75 Å². The van der Waals surface area contributed by atoms with Crippen LogP contribution in [-0.4, -0.2) is 5.11 Å². The Balaban J connectivity index is 2.78. The Kier molecular flexibility index (Phi) is 3.99. The Labute approximate surface area is 86.8 Å². The maximum absolute atomic E-state index is 9.76. The van der Waals surface area contributed by atoms with Gasteiger partial charge in [0.1, 0.15) is 5.75 Å². The molecule has 0 heterocycles. The van der Waals surface area contributed by atoms with Crippen LogP contribution in [0.3, 0.4) is 0 Å². The molecule has 0 saturated carbocycles. The zero-order chi connectivity index (χ0) is 10.6. The third-order valence-corrected chi connectivity index (χ3v) is 2.54. The van der Waals surface area contributed by atoms with E-state index in [-0.39, 0.29) is 0 Å². The summed E-state index contributed by atoms with van der Waals surface area (Å²) in [7, 11) is 0. The van der Waals surface area contributed by atoms with Crippen LogP contribution in [0.15, 0.2) is 18.2 Å². The predicted octanol–water partition coefficient (Wildman–Crippen LogP) is 3.86. The van der Waals surface area contributed by atoms with Gasteiger partial charge < -0.3 is 5.11 Å². The van der Waals surface area contributed by atoms with Crippen LogP contribution in [0.25, 0.3) is 0 Å². The average molecular weight is 192 g/mol. The lowest BCUT2D eigenvalue weighted by Gasteiger charge is -2.09. The number of hydrogen-bond acceptors (Lipinski definition) is 1. The highest BCUT2D eigenvalue weighted by atomic mass is 16.3. The molecule has 1 aromatic carbocycles. The van der Waals surface area contributed by atoms with Crippen molar-refractivity contribution in [1.82, 2.24) is 0 Å². The molecule has 1 N–H and O–H groups in total. The summed E-state index contributed by atoms with van der Waals surface area (Å²) in [5.74, 6) is 0.851. The molecule has 0 unspecified atom stereocenters. The molecule has 0 aliphatic rings. The van der Waals surface area contributed by atoms with E-state index in [1.807, 2.05) is 12.1 Å². The summed E-state index contributed by atoms with van der Waals surface area (Å²) in [6.45, 7) is 6.38. The van der Waals surface area contributed by atoms with Crippen molar-refractivity contribution in [2.45, 2.75) is 46.0 Å². The van der Waals surface area contributed by atoms with E-state index >= 15 is 0 Å². The van der Waals surface area contributed by atoms with E-state index < -0.39 is 0 Å². The molecule has 0 aliphatic carbocycles. The standard InChI is InChI=1S/C13H20O/c1-4-5-6-11-7-8-12(10(2)3)13(14)9-11/h7-10,14H,4-6H2,1-3H3. The third kappa shape index (κ3) is 2.76. The van der Waals surface area contributed by atoms with E-state index in [0.29, 0.717) is 11.7 Å². The second kappa shape index (κ2) is 5.04. The molecule has 14 heavy (non-hydrogen) atoms. The molecule has 0 aromatic heterocycles. The molecule has 0 fully saturated rings. The number of rotatable bonds is 4. The number of aryl methyl sites for hydroxylation is 1. The number of benzene rings is 1. The topological polar surface area (TPSA) is 20.2 Å². The monoisotopic (exact) mass is 192 g/mol. The lowest BCUT2D eigenvalue weighted by atomic mass is 9.99. The van der Waals surface area contributed by atoms with Gasteiger partial charge in [-0.2, -0.15) is 0 Å². The first-order valence-corrected chi connectivity index (χ1v) is 5.47. The number of aromatic hydroxyl groups is 1. The van der Waals surface area contributed by atoms with Crippen molar-refractivity contribution in [1.29, 1.82) is 0 Å². The highest BCUT2D eigenvalue weighted by Gasteiger charge is 2.05. The zero-order valence-electron chi connectivity index (χ0n) is 9.38. The van der Waals surface area contributed by atoms with Crippen LogP contribution >= 0.6 is 0 Å². The third-order valence-electron chi connectivity index (χ3n) is 2.54. The first-order chi connectivity index (χ1) is 6.65. The minimum absolute atomic E-state index is 0.398. The summed E-state index contributed by atoms with van der Waals surface area (Å²) in [5, 5.41) is 9.76. The van der Waals surface area contributed by atoms with Crippen molar-refractivity contribution in [3.8, 4) is 5.75 Å². The first kappa shape index (κ1) is 11.1. The lowest BCUT2D eigenvalue weighted by molar-refractivity contribution is 0.464. The second-order valence-corrected chi connectivity index (χ2v) is 4.15. The normalized spacial score (nSPS) is 10.9. The quantitative estimate of drug-likeness (QED) is 0.768. The molecule has 0 radical (unpaired) electrons. The van der Waals surface area contributed by atoms with Crippen molar-refractivity contribution >= 4 is 0 Å². The fraction of sp³-hybridized carbons (Fsp3) is 0.538. The minimum Gasteiger partial charge on any atom is -0.508 e. The summed E-state index contributed by atoms with van der Waals surface area (Å²) in [5.41, 5.74) is 2.29. The van der Waals surface area contributed by atoms with Crippen LogP contribution in [0.1, 0.15) is 50.7 Å².